The molecule has 0 fully saturated rings. The maximum absolute atomic E-state index is 11.2. The molecule has 0 atom stereocenters. The van der Waals surface area contributed by atoms with Gasteiger partial charge in [-0.05, 0) is 19.1 Å². The Labute approximate surface area is 119 Å². The Morgan fingerprint density at radius 1 is 1.35 bits per heavy atom. The molecule has 0 amide bonds. The van der Waals surface area contributed by atoms with Crippen LogP contribution in [0.5, 0.6) is 0 Å². The second kappa shape index (κ2) is 4.61. The van der Waals surface area contributed by atoms with Crippen LogP contribution in [0.15, 0.2) is 36.5 Å². The van der Waals surface area contributed by atoms with Crippen LogP contribution in [0.1, 0.15) is 16.2 Å². The summed E-state index contributed by atoms with van der Waals surface area (Å²) < 4.78 is 1.58. The lowest BCUT2D eigenvalue weighted by Crippen LogP contribution is -2.05. The van der Waals surface area contributed by atoms with E-state index >= 15 is 0 Å². The Bertz CT molecular complexity index is 807. The van der Waals surface area contributed by atoms with E-state index in [2.05, 4.69) is 10.1 Å². The maximum atomic E-state index is 11.2. The fourth-order valence-corrected chi connectivity index (χ4v) is 2.15. The van der Waals surface area contributed by atoms with E-state index in [-0.39, 0.29) is 5.69 Å². The fourth-order valence-electron chi connectivity index (χ4n) is 2.02. The van der Waals surface area contributed by atoms with Crippen molar-refractivity contribution >= 4 is 28.5 Å². The van der Waals surface area contributed by atoms with Gasteiger partial charge in [-0.1, -0.05) is 29.8 Å². The number of para-hydroxylation sites is 1. The molecule has 6 heteroatoms. The minimum atomic E-state index is -1.08. The SMILES string of the molecule is Cc1nn(-c2cc(C(=O)O)nc3ccccc23)cc1Cl. The summed E-state index contributed by atoms with van der Waals surface area (Å²) in [6.45, 7) is 1.79. The van der Waals surface area contributed by atoms with Crippen LogP contribution in [0.3, 0.4) is 0 Å². The summed E-state index contributed by atoms with van der Waals surface area (Å²) in [5.41, 5.74) is 1.90. The lowest BCUT2D eigenvalue weighted by atomic mass is 10.1. The Morgan fingerprint density at radius 3 is 2.75 bits per heavy atom. The van der Waals surface area contributed by atoms with Gasteiger partial charge < -0.3 is 5.11 Å². The number of fused-ring (bicyclic) bond motifs is 1. The number of hydrogen-bond acceptors (Lipinski definition) is 3. The number of aromatic nitrogens is 3. The van der Waals surface area contributed by atoms with Crippen molar-refractivity contribution in [2.45, 2.75) is 6.92 Å². The number of hydrogen-bond donors (Lipinski definition) is 1. The van der Waals surface area contributed by atoms with Crippen molar-refractivity contribution in [1.29, 1.82) is 0 Å². The lowest BCUT2D eigenvalue weighted by molar-refractivity contribution is 0.0691. The molecule has 0 unspecified atom stereocenters. The minimum absolute atomic E-state index is 0.0250. The summed E-state index contributed by atoms with van der Waals surface area (Å²) >= 11 is 6.02. The summed E-state index contributed by atoms with van der Waals surface area (Å²) in [4.78, 5) is 15.3. The number of carboxylic acids is 1. The molecule has 100 valence electrons. The molecule has 0 radical (unpaired) electrons. The van der Waals surface area contributed by atoms with Crippen molar-refractivity contribution in [3.8, 4) is 5.69 Å². The predicted molar refractivity (Wildman–Crippen MR) is 75.6 cm³/mol. The molecule has 1 N–H and O–H groups in total. The monoisotopic (exact) mass is 287 g/mol. The third kappa shape index (κ3) is 2.02. The number of pyridine rings is 1. The van der Waals surface area contributed by atoms with Crippen molar-refractivity contribution in [2.24, 2.45) is 0 Å². The number of halogens is 1. The van der Waals surface area contributed by atoms with E-state index in [1.165, 1.54) is 6.07 Å². The zero-order valence-corrected chi connectivity index (χ0v) is 11.3. The van der Waals surface area contributed by atoms with Crippen molar-refractivity contribution in [2.75, 3.05) is 0 Å². The van der Waals surface area contributed by atoms with Gasteiger partial charge in [0.15, 0.2) is 5.69 Å². The van der Waals surface area contributed by atoms with Crippen LogP contribution >= 0.6 is 11.6 Å². The van der Waals surface area contributed by atoms with Crippen molar-refractivity contribution in [3.05, 3.63) is 52.9 Å². The summed E-state index contributed by atoms with van der Waals surface area (Å²) in [7, 11) is 0. The normalized spacial score (nSPS) is 10.9. The lowest BCUT2D eigenvalue weighted by Gasteiger charge is -2.07. The van der Waals surface area contributed by atoms with Crippen LogP contribution in [0.2, 0.25) is 5.02 Å². The van der Waals surface area contributed by atoms with Gasteiger partial charge in [-0.3, -0.25) is 0 Å². The number of aryl methyl sites for hydroxylation is 1. The number of benzene rings is 1. The third-order valence-electron chi connectivity index (χ3n) is 3.00. The summed E-state index contributed by atoms with van der Waals surface area (Å²) in [5.74, 6) is -1.08. The molecule has 0 aliphatic carbocycles. The first-order chi connectivity index (χ1) is 9.56. The van der Waals surface area contributed by atoms with Crippen LogP contribution < -0.4 is 0 Å². The first-order valence-corrected chi connectivity index (χ1v) is 6.29. The van der Waals surface area contributed by atoms with E-state index in [1.807, 2.05) is 18.2 Å². The van der Waals surface area contributed by atoms with Crippen LogP contribution in [0.25, 0.3) is 16.6 Å². The average Bonchev–Trinajstić information content (AvgIpc) is 2.77. The quantitative estimate of drug-likeness (QED) is 0.786. The van der Waals surface area contributed by atoms with E-state index in [1.54, 1.807) is 23.9 Å². The first kappa shape index (κ1) is 12.6. The molecule has 0 aliphatic heterocycles. The molecular weight excluding hydrogens is 278 g/mol. The van der Waals surface area contributed by atoms with E-state index in [4.69, 9.17) is 16.7 Å². The Morgan fingerprint density at radius 2 is 2.10 bits per heavy atom. The van der Waals surface area contributed by atoms with Gasteiger partial charge in [-0.25, -0.2) is 14.5 Å². The van der Waals surface area contributed by atoms with Gasteiger partial charge in [0.1, 0.15) is 0 Å². The van der Waals surface area contributed by atoms with E-state index < -0.39 is 5.97 Å². The highest BCUT2D eigenvalue weighted by molar-refractivity contribution is 6.31. The Hall–Kier alpha value is -2.40. The van der Waals surface area contributed by atoms with Gasteiger partial charge in [0.2, 0.25) is 0 Å². The predicted octanol–water partition coefficient (Wildman–Crippen LogP) is 3.08. The zero-order chi connectivity index (χ0) is 14.3. The molecule has 2 aromatic heterocycles. The molecule has 0 saturated carbocycles. The molecule has 3 rings (SSSR count). The molecule has 3 aromatic rings. The number of nitrogens with zero attached hydrogens (tertiary/aromatic N) is 3. The van der Waals surface area contributed by atoms with Crippen LogP contribution in [0, 0.1) is 6.92 Å². The highest BCUT2D eigenvalue weighted by atomic mass is 35.5. The summed E-state index contributed by atoms with van der Waals surface area (Å²) in [6.07, 6.45) is 1.66. The Kier molecular flexibility index (Phi) is 2.91. The van der Waals surface area contributed by atoms with E-state index in [9.17, 15) is 4.79 Å². The van der Waals surface area contributed by atoms with Gasteiger partial charge in [0, 0.05) is 11.6 Å². The molecule has 2 heterocycles. The molecule has 0 spiro atoms. The Balaban J connectivity index is 2.35. The molecule has 5 nitrogen and oxygen atoms in total. The molecular formula is C14H10ClN3O2. The number of aromatic carboxylic acids is 1. The second-order valence-electron chi connectivity index (χ2n) is 4.36. The number of rotatable bonds is 2. The van der Waals surface area contributed by atoms with Crippen molar-refractivity contribution in [1.82, 2.24) is 14.8 Å². The van der Waals surface area contributed by atoms with Gasteiger partial charge in [0.05, 0.1) is 21.9 Å². The maximum Gasteiger partial charge on any atom is 0.354 e. The zero-order valence-electron chi connectivity index (χ0n) is 10.5. The number of carbonyl (C=O) groups is 1. The molecule has 0 aliphatic rings. The van der Waals surface area contributed by atoms with Gasteiger partial charge in [-0.2, -0.15) is 5.10 Å². The third-order valence-corrected chi connectivity index (χ3v) is 3.37. The van der Waals surface area contributed by atoms with Crippen molar-refractivity contribution in [3.63, 3.8) is 0 Å². The van der Waals surface area contributed by atoms with Crippen LogP contribution in [0.4, 0.5) is 0 Å². The highest BCUT2D eigenvalue weighted by Gasteiger charge is 2.13. The topological polar surface area (TPSA) is 68.0 Å². The molecule has 1 aromatic carbocycles. The summed E-state index contributed by atoms with van der Waals surface area (Å²) in [5, 5.41) is 14.8. The average molecular weight is 288 g/mol. The minimum Gasteiger partial charge on any atom is -0.477 e. The standard InChI is InChI=1S/C14H10ClN3O2/c1-8-10(15)7-18(17-8)13-6-12(14(19)20)16-11-5-3-2-4-9(11)13/h2-7H,1H3,(H,19,20). The fraction of sp³-hybridized carbons (Fsp3) is 0.0714. The molecule has 0 bridgehead atoms. The largest absolute Gasteiger partial charge is 0.477 e. The van der Waals surface area contributed by atoms with Gasteiger partial charge >= 0.3 is 5.97 Å². The molecule has 0 saturated heterocycles. The van der Waals surface area contributed by atoms with E-state index in [0.717, 1.165) is 5.39 Å². The first-order valence-electron chi connectivity index (χ1n) is 5.91. The molecule has 20 heavy (non-hydrogen) atoms. The van der Waals surface area contributed by atoms with Crippen molar-refractivity contribution < 1.29 is 9.90 Å². The van der Waals surface area contributed by atoms with Gasteiger partial charge in [-0.15, -0.1) is 0 Å². The van der Waals surface area contributed by atoms with E-state index in [0.29, 0.717) is 21.9 Å². The highest BCUT2D eigenvalue weighted by Crippen LogP contribution is 2.24. The smallest absolute Gasteiger partial charge is 0.354 e. The van der Waals surface area contributed by atoms with Crippen LogP contribution in [-0.2, 0) is 0 Å². The van der Waals surface area contributed by atoms with Crippen LogP contribution in [-0.4, -0.2) is 25.8 Å². The number of carboxylic acid groups (broad SMARTS) is 1. The second-order valence-corrected chi connectivity index (χ2v) is 4.76. The van der Waals surface area contributed by atoms with Gasteiger partial charge in [0.25, 0.3) is 0 Å². The summed E-state index contributed by atoms with van der Waals surface area (Å²) in [6, 6.07) is 8.81.